The molecule has 3 aromatic rings. The predicted octanol–water partition coefficient (Wildman–Crippen LogP) is 4.11. The molecule has 2 fully saturated rings. The summed E-state index contributed by atoms with van der Waals surface area (Å²) in [4.78, 5) is 29.1. The lowest BCUT2D eigenvalue weighted by Gasteiger charge is -2.32. The predicted molar refractivity (Wildman–Crippen MR) is 127 cm³/mol. The number of halogens is 1. The SMILES string of the molecule is COc1ccccc1-c1nnc(C2CCN(C(=O)C3CC(=O)N(c4ccc(F)cc4)C3)CC2)s1. The molecule has 2 aliphatic heterocycles. The van der Waals surface area contributed by atoms with E-state index in [1.807, 2.05) is 29.2 Å². The van der Waals surface area contributed by atoms with Gasteiger partial charge in [0.2, 0.25) is 11.8 Å². The van der Waals surface area contributed by atoms with E-state index in [9.17, 15) is 14.0 Å². The maximum atomic E-state index is 13.2. The van der Waals surface area contributed by atoms with Crippen LogP contribution in [0.25, 0.3) is 10.6 Å². The largest absolute Gasteiger partial charge is 0.496 e. The summed E-state index contributed by atoms with van der Waals surface area (Å²) >= 11 is 1.57. The molecule has 0 spiro atoms. The Bertz CT molecular complexity index is 1190. The molecule has 2 amide bonds. The molecule has 2 saturated heterocycles. The highest BCUT2D eigenvalue weighted by molar-refractivity contribution is 7.14. The fraction of sp³-hybridized carbons (Fsp3) is 0.360. The molecular formula is C25H25FN4O3S. The second kappa shape index (κ2) is 9.50. The minimum absolute atomic E-state index is 0.0170. The summed E-state index contributed by atoms with van der Waals surface area (Å²) in [6.45, 7) is 1.60. The average Bonchev–Trinajstić information content (AvgIpc) is 3.51. The highest BCUT2D eigenvalue weighted by Crippen LogP contribution is 2.37. The maximum absolute atomic E-state index is 13.2. The molecule has 1 aromatic heterocycles. The normalized spacial score (nSPS) is 19.0. The zero-order chi connectivity index (χ0) is 23.7. The Kier molecular flexibility index (Phi) is 6.28. The number of likely N-dealkylation sites (tertiary alicyclic amines) is 1. The van der Waals surface area contributed by atoms with E-state index in [4.69, 9.17) is 4.74 Å². The Labute approximate surface area is 201 Å². The van der Waals surface area contributed by atoms with Gasteiger partial charge >= 0.3 is 0 Å². The molecule has 0 bridgehead atoms. The first-order chi connectivity index (χ1) is 16.5. The first kappa shape index (κ1) is 22.5. The van der Waals surface area contributed by atoms with Gasteiger partial charge in [-0.15, -0.1) is 10.2 Å². The molecule has 34 heavy (non-hydrogen) atoms. The van der Waals surface area contributed by atoms with E-state index in [1.165, 1.54) is 12.1 Å². The molecule has 0 radical (unpaired) electrons. The van der Waals surface area contributed by atoms with Crippen LogP contribution in [0.3, 0.4) is 0 Å². The first-order valence-electron chi connectivity index (χ1n) is 11.3. The molecule has 2 aliphatic rings. The van der Waals surface area contributed by atoms with Crippen LogP contribution in [0.1, 0.15) is 30.2 Å². The lowest BCUT2D eigenvalue weighted by atomic mass is 9.96. The van der Waals surface area contributed by atoms with Crippen LogP contribution in [0, 0.1) is 11.7 Å². The van der Waals surface area contributed by atoms with Gasteiger partial charge in [0.25, 0.3) is 0 Å². The van der Waals surface area contributed by atoms with Gasteiger partial charge in [-0.05, 0) is 49.2 Å². The minimum Gasteiger partial charge on any atom is -0.496 e. The lowest BCUT2D eigenvalue weighted by molar-refractivity contribution is -0.136. The lowest BCUT2D eigenvalue weighted by Crippen LogP contribution is -2.42. The van der Waals surface area contributed by atoms with Gasteiger partial charge in [-0.25, -0.2) is 4.39 Å². The first-order valence-corrected chi connectivity index (χ1v) is 12.2. The zero-order valence-electron chi connectivity index (χ0n) is 18.8. The van der Waals surface area contributed by atoms with E-state index >= 15 is 0 Å². The highest BCUT2D eigenvalue weighted by atomic mass is 32.1. The van der Waals surface area contributed by atoms with Crippen molar-refractivity contribution < 1.29 is 18.7 Å². The van der Waals surface area contributed by atoms with Gasteiger partial charge in [0.15, 0.2) is 5.01 Å². The number of carbonyl (C=O) groups excluding carboxylic acids is 2. The third-order valence-electron chi connectivity index (χ3n) is 6.55. The Hall–Kier alpha value is -3.33. The number of hydrogen-bond donors (Lipinski definition) is 0. The van der Waals surface area contributed by atoms with Crippen molar-refractivity contribution in [3.63, 3.8) is 0 Å². The van der Waals surface area contributed by atoms with Gasteiger partial charge in [0.1, 0.15) is 16.6 Å². The molecule has 0 saturated carbocycles. The summed E-state index contributed by atoms with van der Waals surface area (Å²) in [5, 5.41) is 10.6. The molecule has 3 heterocycles. The molecular weight excluding hydrogens is 455 g/mol. The zero-order valence-corrected chi connectivity index (χ0v) is 19.6. The standard InChI is InChI=1S/C25H25FN4O3S/c1-33-21-5-3-2-4-20(21)24-28-27-23(34-24)16-10-12-29(13-11-16)25(32)17-14-22(31)30(15-17)19-8-6-18(26)7-9-19/h2-9,16-17H,10-15H2,1H3. The van der Waals surface area contributed by atoms with Crippen molar-refractivity contribution in [3.8, 4) is 16.3 Å². The molecule has 0 N–H and O–H groups in total. The van der Waals surface area contributed by atoms with Crippen molar-refractivity contribution in [2.75, 3.05) is 31.6 Å². The van der Waals surface area contributed by atoms with Crippen molar-refractivity contribution in [2.45, 2.75) is 25.2 Å². The monoisotopic (exact) mass is 480 g/mol. The molecule has 2 aromatic carbocycles. The van der Waals surface area contributed by atoms with Crippen LogP contribution in [0.4, 0.5) is 10.1 Å². The second-order valence-electron chi connectivity index (χ2n) is 8.63. The van der Waals surface area contributed by atoms with Crippen LogP contribution in [0.2, 0.25) is 0 Å². The quantitative estimate of drug-likeness (QED) is 0.549. The number of amides is 2. The van der Waals surface area contributed by atoms with Crippen molar-refractivity contribution in [3.05, 3.63) is 59.4 Å². The number of benzene rings is 2. The van der Waals surface area contributed by atoms with E-state index in [0.29, 0.717) is 25.3 Å². The Morgan fingerprint density at radius 2 is 1.82 bits per heavy atom. The summed E-state index contributed by atoms with van der Waals surface area (Å²) in [7, 11) is 1.64. The summed E-state index contributed by atoms with van der Waals surface area (Å²) in [5.41, 5.74) is 1.56. The summed E-state index contributed by atoms with van der Waals surface area (Å²) in [6.07, 6.45) is 1.82. The van der Waals surface area contributed by atoms with Crippen LogP contribution in [-0.2, 0) is 9.59 Å². The van der Waals surface area contributed by atoms with Crippen molar-refractivity contribution >= 4 is 28.8 Å². The van der Waals surface area contributed by atoms with Crippen LogP contribution < -0.4 is 9.64 Å². The summed E-state index contributed by atoms with van der Waals surface area (Å²) in [6, 6.07) is 13.6. The van der Waals surface area contributed by atoms with Gasteiger partial charge in [0.05, 0.1) is 18.6 Å². The number of ether oxygens (including phenoxy) is 1. The number of methoxy groups -OCH3 is 1. The molecule has 1 atom stereocenters. The van der Waals surface area contributed by atoms with Gasteiger partial charge < -0.3 is 14.5 Å². The summed E-state index contributed by atoms with van der Waals surface area (Å²) in [5.74, 6) is 0.224. The van der Waals surface area contributed by atoms with E-state index in [-0.39, 0.29) is 35.9 Å². The third-order valence-corrected chi connectivity index (χ3v) is 7.67. The fourth-order valence-corrected chi connectivity index (χ4v) is 5.72. The Balaban J connectivity index is 1.20. The van der Waals surface area contributed by atoms with Gasteiger partial charge in [0, 0.05) is 37.7 Å². The number of piperidine rings is 1. The fourth-order valence-electron chi connectivity index (χ4n) is 4.68. The van der Waals surface area contributed by atoms with E-state index in [2.05, 4.69) is 10.2 Å². The van der Waals surface area contributed by atoms with E-state index < -0.39 is 0 Å². The molecule has 5 rings (SSSR count). The van der Waals surface area contributed by atoms with Crippen LogP contribution in [-0.4, -0.2) is 53.7 Å². The van der Waals surface area contributed by atoms with Gasteiger partial charge in [-0.2, -0.15) is 0 Å². The number of rotatable bonds is 5. The van der Waals surface area contributed by atoms with Crippen LogP contribution in [0.5, 0.6) is 5.75 Å². The van der Waals surface area contributed by atoms with E-state index in [1.54, 1.807) is 35.5 Å². The maximum Gasteiger partial charge on any atom is 0.228 e. The smallest absolute Gasteiger partial charge is 0.228 e. The third kappa shape index (κ3) is 4.40. The molecule has 176 valence electrons. The average molecular weight is 481 g/mol. The number of aromatic nitrogens is 2. The van der Waals surface area contributed by atoms with Crippen molar-refractivity contribution in [1.29, 1.82) is 0 Å². The Morgan fingerprint density at radius 3 is 2.56 bits per heavy atom. The minimum atomic E-state index is -0.368. The number of anilines is 1. The highest BCUT2D eigenvalue weighted by Gasteiger charge is 2.38. The van der Waals surface area contributed by atoms with Gasteiger partial charge in [-0.3, -0.25) is 9.59 Å². The summed E-state index contributed by atoms with van der Waals surface area (Å²) < 4.78 is 18.7. The number of carbonyl (C=O) groups is 2. The second-order valence-corrected chi connectivity index (χ2v) is 9.64. The number of para-hydroxylation sites is 1. The molecule has 0 aliphatic carbocycles. The van der Waals surface area contributed by atoms with E-state index in [0.717, 1.165) is 34.2 Å². The van der Waals surface area contributed by atoms with Crippen LogP contribution in [0.15, 0.2) is 48.5 Å². The molecule has 9 heteroatoms. The van der Waals surface area contributed by atoms with Crippen molar-refractivity contribution in [1.82, 2.24) is 15.1 Å². The Morgan fingerprint density at radius 1 is 1.09 bits per heavy atom. The molecule has 1 unspecified atom stereocenters. The number of hydrogen-bond acceptors (Lipinski definition) is 6. The number of nitrogens with zero attached hydrogens (tertiary/aromatic N) is 4. The topological polar surface area (TPSA) is 75.6 Å². The van der Waals surface area contributed by atoms with Crippen LogP contribution >= 0.6 is 11.3 Å². The van der Waals surface area contributed by atoms with Crippen molar-refractivity contribution in [2.24, 2.45) is 5.92 Å². The molecule has 7 nitrogen and oxygen atoms in total. The van der Waals surface area contributed by atoms with Gasteiger partial charge in [-0.1, -0.05) is 23.5 Å².